The van der Waals surface area contributed by atoms with Crippen molar-refractivity contribution in [3.8, 4) is 0 Å². The molecule has 1 aromatic carbocycles. The van der Waals surface area contributed by atoms with Crippen molar-refractivity contribution in [2.45, 2.75) is 48.0 Å². The normalized spacial score (nSPS) is 13.0. The van der Waals surface area contributed by atoms with Crippen LogP contribution in [0.5, 0.6) is 0 Å². The summed E-state index contributed by atoms with van der Waals surface area (Å²) >= 11 is 0. The van der Waals surface area contributed by atoms with E-state index in [1.165, 1.54) is 5.56 Å². The molecule has 0 aliphatic heterocycles. The van der Waals surface area contributed by atoms with Crippen molar-refractivity contribution < 1.29 is 0 Å². The Morgan fingerprint density at radius 3 is 1.56 bits per heavy atom. The number of rotatable bonds is 4. The molecule has 0 aromatic heterocycles. The second-order valence-corrected chi connectivity index (χ2v) is 5.26. The Bertz CT molecular complexity index is 263. The smallest absolute Gasteiger partial charge is 0.0157 e. The summed E-state index contributed by atoms with van der Waals surface area (Å²) < 4.78 is 0. The third-order valence-electron chi connectivity index (χ3n) is 3.44. The molecule has 1 atom stereocenters. The van der Waals surface area contributed by atoms with Crippen molar-refractivity contribution in [3.05, 3.63) is 35.9 Å². The molecule has 16 heavy (non-hydrogen) atoms. The predicted octanol–water partition coefficient (Wildman–Crippen LogP) is 5.35. The van der Waals surface area contributed by atoms with Crippen LogP contribution in [0.4, 0.5) is 0 Å². The molecule has 1 unspecified atom stereocenters. The summed E-state index contributed by atoms with van der Waals surface area (Å²) in [5.41, 5.74) is 1.48. The lowest BCUT2D eigenvalue weighted by Crippen LogP contribution is -2.22. The second-order valence-electron chi connectivity index (χ2n) is 5.26. The van der Waals surface area contributed by atoms with Gasteiger partial charge in [-0.3, -0.25) is 0 Å². The minimum absolute atomic E-state index is 0. The average molecular weight is 220 g/mol. The Labute approximate surface area is 102 Å². The molecule has 0 heteroatoms. The van der Waals surface area contributed by atoms with Gasteiger partial charge >= 0.3 is 0 Å². The first-order valence-electron chi connectivity index (χ1n) is 6.09. The zero-order valence-corrected chi connectivity index (χ0v) is 10.7. The summed E-state index contributed by atoms with van der Waals surface area (Å²) in [5, 5.41) is 0. The number of benzene rings is 1. The number of hydrogen-bond donors (Lipinski definition) is 0. The summed E-state index contributed by atoms with van der Waals surface area (Å²) in [6.07, 6.45) is 0. The van der Waals surface area contributed by atoms with Crippen LogP contribution in [0.1, 0.15) is 53.5 Å². The Morgan fingerprint density at radius 1 is 0.750 bits per heavy atom. The summed E-state index contributed by atoms with van der Waals surface area (Å²) in [6, 6.07) is 10.9. The SMILES string of the molecule is C.CC(C)C(C(C)C)C(C)c1ccccc1. The van der Waals surface area contributed by atoms with Crippen LogP contribution in [-0.2, 0) is 0 Å². The number of hydrogen-bond acceptors (Lipinski definition) is 0. The van der Waals surface area contributed by atoms with Crippen LogP contribution in [-0.4, -0.2) is 0 Å². The third-order valence-corrected chi connectivity index (χ3v) is 3.44. The van der Waals surface area contributed by atoms with E-state index in [9.17, 15) is 0 Å². The minimum Gasteiger partial charge on any atom is -0.0776 e. The van der Waals surface area contributed by atoms with Gasteiger partial charge in [-0.1, -0.05) is 72.4 Å². The lowest BCUT2D eigenvalue weighted by atomic mass is 9.74. The second kappa shape index (κ2) is 6.73. The molecule has 0 heterocycles. The molecule has 0 fully saturated rings. The van der Waals surface area contributed by atoms with E-state index in [2.05, 4.69) is 65.0 Å². The first-order valence-corrected chi connectivity index (χ1v) is 6.09. The lowest BCUT2D eigenvalue weighted by Gasteiger charge is -2.31. The quantitative estimate of drug-likeness (QED) is 0.641. The summed E-state index contributed by atoms with van der Waals surface area (Å²) in [6.45, 7) is 11.7. The summed E-state index contributed by atoms with van der Waals surface area (Å²) in [7, 11) is 0. The molecular formula is C16H28. The van der Waals surface area contributed by atoms with Gasteiger partial charge in [0.2, 0.25) is 0 Å². The van der Waals surface area contributed by atoms with Gasteiger partial charge in [-0.05, 0) is 29.2 Å². The van der Waals surface area contributed by atoms with Gasteiger partial charge in [-0.2, -0.15) is 0 Å². The highest BCUT2D eigenvalue weighted by atomic mass is 14.3. The van der Waals surface area contributed by atoms with E-state index in [4.69, 9.17) is 0 Å². The molecule has 1 rings (SSSR count). The monoisotopic (exact) mass is 220 g/mol. The topological polar surface area (TPSA) is 0 Å². The van der Waals surface area contributed by atoms with Gasteiger partial charge in [-0.25, -0.2) is 0 Å². The zero-order chi connectivity index (χ0) is 11.4. The fraction of sp³-hybridized carbons (Fsp3) is 0.625. The van der Waals surface area contributed by atoms with Crippen molar-refractivity contribution in [3.63, 3.8) is 0 Å². The van der Waals surface area contributed by atoms with Gasteiger partial charge in [0.1, 0.15) is 0 Å². The van der Waals surface area contributed by atoms with Crippen molar-refractivity contribution in [2.24, 2.45) is 17.8 Å². The van der Waals surface area contributed by atoms with Gasteiger partial charge < -0.3 is 0 Å². The van der Waals surface area contributed by atoms with E-state index in [1.54, 1.807) is 0 Å². The lowest BCUT2D eigenvalue weighted by molar-refractivity contribution is 0.247. The Morgan fingerprint density at radius 2 is 1.19 bits per heavy atom. The predicted molar refractivity (Wildman–Crippen MR) is 74.8 cm³/mol. The van der Waals surface area contributed by atoms with E-state index >= 15 is 0 Å². The van der Waals surface area contributed by atoms with E-state index in [-0.39, 0.29) is 7.43 Å². The molecule has 0 saturated heterocycles. The first-order chi connectivity index (χ1) is 7.04. The average Bonchev–Trinajstić information content (AvgIpc) is 2.18. The maximum Gasteiger partial charge on any atom is -0.0157 e. The van der Waals surface area contributed by atoms with E-state index < -0.39 is 0 Å². The van der Waals surface area contributed by atoms with Crippen LogP contribution in [0.3, 0.4) is 0 Å². The fourth-order valence-corrected chi connectivity index (χ4v) is 2.90. The van der Waals surface area contributed by atoms with Crippen LogP contribution in [0.25, 0.3) is 0 Å². The molecule has 1 aromatic rings. The molecule has 0 N–H and O–H groups in total. The zero-order valence-electron chi connectivity index (χ0n) is 10.7. The molecular weight excluding hydrogens is 192 g/mol. The van der Waals surface area contributed by atoms with E-state index in [0.29, 0.717) is 5.92 Å². The van der Waals surface area contributed by atoms with E-state index in [0.717, 1.165) is 17.8 Å². The minimum atomic E-state index is 0. The molecule has 92 valence electrons. The van der Waals surface area contributed by atoms with Crippen molar-refractivity contribution >= 4 is 0 Å². The molecule has 0 aliphatic rings. The Hall–Kier alpha value is -0.780. The standard InChI is InChI=1S/C15H24.CH4/c1-11(2)15(12(3)4)13(5)14-9-7-6-8-10-14;/h6-13,15H,1-5H3;1H4. The molecule has 0 radical (unpaired) electrons. The van der Waals surface area contributed by atoms with Crippen LogP contribution in [0, 0.1) is 17.8 Å². The molecule has 0 aliphatic carbocycles. The van der Waals surface area contributed by atoms with Crippen molar-refractivity contribution in [1.29, 1.82) is 0 Å². The first kappa shape index (κ1) is 15.2. The highest BCUT2D eigenvalue weighted by Gasteiger charge is 2.24. The van der Waals surface area contributed by atoms with Crippen LogP contribution >= 0.6 is 0 Å². The van der Waals surface area contributed by atoms with E-state index in [1.807, 2.05) is 0 Å². The maximum atomic E-state index is 2.36. The highest BCUT2D eigenvalue weighted by molar-refractivity contribution is 5.19. The molecule has 0 saturated carbocycles. The molecule has 0 spiro atoms. The fourth-order valence-electron chi connectivity index (χ4n) is 2.90. The molecule has 0 bridgehead atoms. The Kier molecular flexibility index (Phi) is 6.40. The highest BCUT2D eigenvalue weighted by Crippen LogP contribution is 2.35. The van der Waals surface area contributed by atoms with Crippen LogP contribution < -0.4 is 0 Å². The third kappa shape index (κ3) is 3.66. The van der Waals surface area contributed by atoms with Crippen molar-refractivity contribution in [1.82, 2.24) is 0 Å². The largest absolute Gasteiger partial charge is 0.0776 e. The Balaban J connectivity index is 0.00000225. The van der Waals surface area contributed by atoms with Gasteiger partial charge in [0.25, 0.3) is 0 Å². The van der Waals surface area contributed by atoms with Crippen LogP contribution in [0.15, 0.2) is 30.3 Å². The van der Waals surface area contributed by atoms with Gasteiger partial charge in [0.05, 0.1) is 0 Å². The summed E-state index contributed by atoms with van der Waals surface area (Å²) in [5.74, 6) is 2.93. The molecule has 0 amide bonds. The van der Waals surface area contributed by atoms with Gasteiger partial charge in [-0.15, -0.1) is 0 Å². The van der Waals surface area contributed by atoms with Gasteiger partial charge in [0, 0.05) is 0 Å². The summed E-state index contributed by atoms with van der Waals surface area (Å²) in [4.78, 5) is 0. The molecule has 0 nitrogen and oxygen atoms in total. The maximum absolute atomic E-state index is 2.36. The van der Waals surface area contributed by atoms with Crippen LogP contribution in [0.2, 0.25) is 0 Å². The van der Waals surface area contributed by atoms with Gasteiger partial charge in [0.15, 0.2) is 0 Å². The van der Waals surface area contributed by atoms with Crippen molar-refractivity contribution in [2.75, 3.05) is 0 Å².